The summed E-state index contributed by atoms with van der Waals surface area (Å²) in [6.07, 6.45) is 1.80. The Labute approximate surface area is 189 Å². The number of thioether (sulfide) groups is 1. The number of carbonyl (C=O) groups is 1. The van der Waals surface area contributed by atoms with Crippen LogP contribution >= 0.6 is 35.0 Å². The number of ether oxygens (including phenoxy) is 1. The Morgan fingerprint density at radius 1 is 1.17 bits per heavy atom. The lowest BCUT2D eigenvalue weighted by atomic mass is 10.1. The van der Waals surface area contributed by atoms with E-state index in [1.165, 1.54) is 11.8 Å². The van der Waals surface area contributed by atoms with Crippen molar-refractivity contribution in [2.24, 2.45) is 4.99 Å². The second kappa shape index (κ2) is 9.60. The zero-order valence-corrected chi connectivity index (χ0v) is 19.0. The van der Waals surface area contributed by atoms with Gasteiger partial charge in [-0.25, -0.2) is 9.79 Å². The van der Waals surface area contributed by atoms with Crippen LogP contribution in [0.2, 0.25) is 10.0 Å². The summed E-state index contributed by atoms with van der Waals surface area (Å²) in [4.78, 5) is 19.5. The topological polar surface area (TPSA) is 62.1 Å². The normalized spacial score (nSPS) is 16.4. The number of nitrogens with zero attached hydrogens (tertiary/aromatic N) is 2. The van der Waals surface area contributed by atoms with E-state index in [9.17, 15) is 9.90 Å². The number of carbonyl (C=O) groups excluding carboxylic acids is 1. The molecule has 0 amide bonds. The Morgan fingerprint density at radius 2 is 1.87 bits per heavy atom. The Balaban J connectivity index is 2.01. The molecule has 1 heterocycles. The number of hydrogen-bond acceptors (Lipinski definition) is 6. The molecule has 156 valence electrons. The van der Waals surface area contributed by atoms with E-state index in [4.69, 9.17) is 27.9 Å². The van der Waals surface area contributed by atoms with Crippen molar-refractivity contribution in [2.75, 3.05) is 25.6 Å². The predicted octanol–water partition coefficient (Wildman–Crippen LogP) is 6.25. The highest BCUT2D eigenvalue weighted by atomic mass is 35.5. The number of anilines is 1. The molecule has 0 aromatic heterocycles. The molecule has 1 aliphatic rings. The molecule has 0 bridgehead atoms. The minimum absolute atomic E-state index is 0.0316. The Bertz CT molecular complexity index is 1060. The molecule has 3 rings (SSSR count). The molecule has 2 aromatic carbocycles. The van der Waals surface area contributed by atoms with Crippen molar-refractivity contribution >= 4 is 63.4 Å². The van der Waals surface area contributed by atoms with E-state index in [0.717, 1.165) is 11.3 Å². The first-order valence-electron chi connectivity index (χ1n) is 9.12. The molecule has 5 nitrogen and oxygen atoms in total. The number of aliphatic hydroxyl groups excluding tert-OH is 1. The summed E-state index contributed by atoms with van der Waals surface area (Å²) in [7, 11) is 3.93. The number of aliphatic imine (C=N–C) groups is 1. The van der Waals surface area contributed by atoms with Crippen molar-refractivity contribution in [2.45, 2.75) is 6.92 Å². The maximum atomic E-state index is 12.5. The van der Waals surface area contributed by atoms with E-state index in [1.807, 2.05) is 43.3 Å². The second-order valence-electron chi connectivity index (χ2n) is 6.56. The number of halogens is 2. The largest absolute Gasteiger partial charge is 0.506 e. The summed E-state index contributed by atoms with van der Waals surface area (Å²) in [6, 6.07) is 12.7. The van der Waals surface area contributed by atoms with E-state index in [0.29, 0.717) is 25.7 Å². The summed E-state index contributed by atoms with van der Waals surface area (Å²) >= 11 is 13.2. The summed E-state index contributed by atoms with van der Waals surface area (Å²) < 4.78 is 5.12. The molecular weight excluding hydrogens is 443 g/mol. The molecule has 1 N–H and O–H groups in total. The summed E-state index contributed by atoms with van der Waals surface area (Å²) in [5, 5.41) is 11.8. The van der Waals surface area contributed by atoms with Gasteiger partial charge in [0.05, 0.1) is 27.2 Å². The molecule has 0 saturated heterocycles. The third-order valence-corrected chi connectivity index (χ3v) is 5.97. The lowest BCUT2D eigenvalue weighted by molar-refractivity contribution is -0.138. The van der Waals surface area contributed by atoms with Crippen LogP contribution in [-0.4, -0.2) is 36.8 Å². The molecule has 0 atom stereocenters. The van der Waals surface area contributed by atoms with Gasteiger partial charge in [-0.3, -0.25) is 0 Å². The fourth-order valence-corrected chi connectivity index (χ4v) is 4.01. The molecule has 8 heteroatoms. The van der Waals surface area contributed by atoms with Gasteiger partial charge in [0.2, 0.25) is 0 Å². The van der Waals surface area contributed by atoms with Crippen LogP contribution in [-0.2, 0) is 9.53 Å². The highest BCUT2D eigenvalue weighted by Gasteiger charge is 2.33. The molecule has 30 heavy (non-hydrogen) atoms. The van der Waals surface area contributed by atoms with Crippen LogP contribution in [0.15, 0.2) is 63.7 Å². The van der Waals surface area contributed by atoms with Gasteiger partial charge in [0, 0.05) is 19.8 Å². The Hall–Kier alpha value is -2.41. The molecule has 0 fully saturated rings. The van der Waals surface area contributed by atoms with E-state index < -0.39 is 5.97 Å². The second-order valence-corrected chi connectivity index (χ2v) is 8.40. The molecule has 0 radical (unpaired) electrons. The molecule has 1 aliphatic heterocycles. The molecule has 0 spiro atoms. The van der Waals surface area contributed by atoms with Gasteiger partial charge in [0.25, 0.3) is 0 Å². The van der Waals surface area contributed by atoms with Crippen LogP contribution in [0.4, 0.5) is 11.4 Å². The van der Waals surface area contributed by atoms with Crippen LogP contribution in [0.25, 0.3) is 6.08 Å². The third kappa shape index (κ3) is 5.01. The van der Waals surface area contributed by atoms with Gasteiger partial charge in [0.15, 0.2) is 0 Å². The zero-order valence-electron chi connectivity index (χ0n) is 16.6. The van der Waals surface area contributed by atoms with Gasteiger partial charge in [-0.15, -0.1) is 0 Å². The minimum atomic E-state index is -0.632. The Morgan fingerprint density at radius 3 is 2.47 bits per heavy atom. The van der Waals surface area contributed by atoms with Gasteiger partial charge in [-0.05, 0) is 48.9 Å². The first-order valence-corrected chi connectivity index (χ1v) is 10.7. The van der Waals surface area contributed by atoms with Crippen LogP contribution < -0.4 is 4.90 Å². The van der Waals surface area contributed by atoms with E-state index in [1.54, 1.807) is 31.2 Å². The van der Waals surface area contributed by atoms with Gasteiger partial charge >= 0.3 is 5.97 Å². The number of rotatable bonds is 5. The van der Waals surface area contributed by atoms with Crippen molar-refractivity contribution in [1.29, 1.82) is 0 Å². The summed E-state index contributed by atoms with van der Waals surface area (Å²) in [5.74, 6) is -0.790. The van der Waals surface area contributed by atoms with Crippen molar-refractivity contribution in [3.63, 3.8) is 0 Å². The monoisotopic (exact) mass is 462 g/mol. The molecule has 0 unspecified atom stereocenters. The molecule has 0 aliphatic carbocycles. The third-order valence-electron chi connectivity index (χ3n) is 4.21. The maximum Gasteiger partial charge on any atom is 0.344 e. The van der Waals surface area contributed by atoms with E-state index in [2.05, 4.69) is 4.99 Å². The van der Waals surface area contributed by atoms with Crippen LogP contribution in [0.5, 0.6) is 0 Å². The number of esters is 1. The van der Waals surface area contributed by atoms with Crippen molar-refractivity contribution < 1.29 is 14.6 Å². The van der Waals surface area contributed by atoms with Crippen molar-refractivity contribution in [3.8, 4) is 0 Å². The smallest absolute Gasteiger partial charge is 0.344 e. The van der Waals surface area contributed by atoms with Crippen LogP contribution in [0.3, 0.4) is 0 Å². The SMILES string of the molecule is CCOC(=O)C1=C(O)C(=Cc2ccc(N(C)C)cc2)SC1=Nc1ccc(Cl)c(Cl)c1. The van der Waals surface area contributed by atoms with Gasteiger partial charge in [-0.1, -0.05) is 47.1 Å². The minimum Gasteiger partial charge on any atom is -0.506 e. The first-order chi connectivity index (χ1) is 14.3. The zero-order chi connectivity index (χ0) is 21.8. The molecule has 0 saturated carbocycles. The maximum absolute atomic E-state index is 12.5. The van der Waals surface area contributed by atoms with Gasteiger partial charge in [0.1, 0.15) is 16.4 Å². The first kappa shape index (κ1) is 22.3. The highest BCUT2D eigenvalue weighted by Crippen LogP contribution is 2.40. The number of benzene rings is 2. The molecular formula is C22H20Cl2N2O3S. The summed E-state index contributed by atoms with van der Waals surface area (Å²) in [5.41, 5.74) is 2.49. The molecule has 2 aromatic rings. The standard InChI is InChI=1S/C22H20Cl2N2O3S/c1-4-29-22(28)19-20(27)18(11-13-5-8-15(9-6-13)26(2)3)30-21(19)25-14-7-10-16(23)17(24)12-14/h5-12,27H,4H2,1-3H3. The predicted molar refractivity (Wildman–Crippen MR) is 126 cm³/mol. The van der Waals surface area contributed by atoms with Crippen LogP contribution in [0, 0.1) is 0 Å². The average Bonchev–Trinajstić information content (AvgIpc) is 3.00. The van der Waals surface area contributed by atoms with Gasteiger partial charge in [-0.2, -0.15) is 0 Å². The van der Waals surface area contributed by atoms with Gasteiger partial charge < -0.3 is 14.7 Å². The van der Waals surface area contributed by atoms with E-state index >= 15 is 0 Å². The lowest BCUT2D eigenvalue weighted by Gasteiger charge is -2.11. The number of aliphatic hydroxyl groups is 1. The number of hydrogen-bond donors (Lipinski definition) is 1. The van der Waals surface area contributed by atoms with Crippen LogP contribution in [0.1, 0.15) is 12.5 Å². The van der Waals surface area contributed by atoms with E-state index in [-0.39, 0.29) is 17.9 Å². The fraction of sp³-hybridized carbons (Fsp3) is 0.182. The quantitative estimate of drug-likeness (QED) is 0.531. The van der Waals surface area contributed by atoms with Crippen molar-refractivity contribution in [1.82, 2.24) is 0 Å². The van der Waals surface area contributed by atoms with Crippen molar-refractivity contribution in [3.05, 3.63) is 74.3 Å². The lowest BCUT2D eigenvalue weighted by Crippen LogP contribution is -2.12. The average molecular weight is 463 g/mol. The fourth-order valence-electron chi connectivity index (χ4n) is 2.68. The summed E-state index contributed by atoms with van der Waals surface area (Å²) in [6.45, 7) is 1.89. The Kier molecular flexibility index (Phi) is 7.13. The highest BCUT2D eigenvalue weighted by molar-refractivity contribution is 8.18.